The maximum absolute atomic E-state index is 13.4. The number of nitrogens with one attached hydrogen (secondary N) is 2. The van der Waals surface area contributed by atoms with Gasteiger partial charge in [0.1, 0.15) is 18.4 Å². The number of ether oxygens (including phenoxy) is 1. The van der Waals surface area contributed by atoms with E-state index in [1.54, 1.807) is 12.3 Å². The molecule has 13 heteroatoms. The SMILES string of the molecule is C=CCNS(=O)(=O)c1cccc(C(=O)Nc2nc3cnc(OCCN4CCCCC4)cc3n2C2CCC(C(N)O)CC2)c1. The number of amides is 1. The van der Waals surface area contributed by atoms with Crippen LogP contribution in [-0.2, 0) is 10.0 Å². The number of hydrogen-bond acceptors (Lipinski definition) is 9. The molecule has 5 rings (SSSR count). The topological polar surface area (TPSA) is 165 Å². The van der Waals surface area contributed by atoms with Crippen molar-refractivity contribution in [3.05, 3.63) is 54.7 Å². The molecule has 2 fully saturated rings. The molecule has 232 valence electrons. The predicted molar refractivity (Wildman–Crippen MR) is 164 cm³/mol. The van der Waals surface area contributed by atoms with Crippen molar-refractivity contribution < 1.29 is 23.1 Å². The monoisotopic (exact) mass is 611 g/mol. The van der Waals surface area contributed by atoms with Gasteiger partial charge in [0, 0.05) is 30.8 Å². The summed E-state index contributed by atoms with van der Waals surface area (Å²) < 4.78 is 35.7. The van der Waals surface area contributed by atoms with Crippen molar-refractivity contribution in [2.75, 3.05) is 38.1 Å². The lowest BCUT2D eigenvalue weighted by molar-refractivity contribution is 0.0809. The lowest BCUT2D eigenvalue weighted by Crippen LogP contribution is -2.33. The van der Waals surface area contributed by atoms with Crippen molar-refractivity contribution in [2.45, 2.75) is 62.1 Å². The molecule has 1 saturated carbocycles. The van der Waals surface area contributed by atoms with Gasteiger partial charge in [0.15, 0.2) is 0 Å². The van der Waals surface area contributed by atoms with Gasteiger partial charge in [0.2, 0.25) is 21.9 Å². The molecule has 1 saturated heterocycles. The Hall–Kier alpha value is -3.36. The minimum absolute atomic E-state index is 0.00582. The van der Waals surface area contributed by atoms with Crippen LogP contribution in [0.25, 0.3) is 11.0 Å². The lowest BCUT2D eigenvalue weighted by Gasteiger charge is -2.31. The smallest absolute Gasteiger partial charge is 0.258 e. The first-order valence-electron chi connectivity index (χ1n) is 14.9. The number of benzene rings is 1. The average molecular weight is 612 g/mol. The lowest BCUT2D eigenvalue weighted by atomic mass is 9.85. The Balaban J connectivity index is 1.40. The van der Waals surface area contributed by atoms with E-state index in [9.17, 15) is 18.3 Å². The van der Waals surface area contributed by atoms with Crippen LogP contribution in [0, 0.1) is 5.92 Å². The minimum Gasteiger partial charge on any atom is -0.476 e. The number of piperidine rings is 1. The van der Waals surface area contributed by atoms with E-state index in [1.165, 1.54) is 43.5 Å². The van der Waals surface area contributed by atoms with Crippen LogP contribution in [0.3, 0.4) is 0 Å². The number of carbonyl (C=O) groups is 1. The molecule has 12 nitrogen and oxygen atoms in total. The molecule has 5 N–H and O–H groups in total. The molecule has 0 spiro atoms. The Labute approximate surface area is 252 Å². The van der Waals surface area contributed by atoms with Crippen molar-refractivity contribution in [2.24, 2.45) is 11.7 Å². The van der Waals surface area contributed by atoms with Crippen LogP contribution in [0.2, 0.25) is 0 Å². The van der Waals surface area contributed by atoms with Gasteiger partial charge in [0.05, 0.1) is 16.6 Å². The first-order chi connectivity index (χ1) is 20.7. The van der Waals surface area contributed by atoms with E-state index in [1.807, 2.05) is 10.6 Å². The van der Waals surface area contributed by atoms with Crippen molar-refractivity contribution in [3.63, 3.8) is 0 Å². The summed E-state index contributed by atoms with van der Waals surface area (Å²) in [6.07, 6.45) is 8.88. The highest BCUT2D eigenvalue weighted by Gasteiger charge is 2.29. The highest BCUT2D eigenvalue weighted by atomic mass is 32.2. The largest absolute Gasteiger partial charge is 0.476 e. The van der Waals surface area contributed by atoms with Crippen LogP contribution in [0.1, 0.15) is 61.3 Å². The third kappa shape index (κ3) is 7.60. The maximum Gasteiger partial charge on any atom is 0.258 e. The molecule has 1 unspecified atom stereocenters. The maximum atomic E-state index is 13.4. The van der Waals surface area contributed by atoms with E-state index in [2.05, 4.69) is 26.5 Å². The second-order valence-electron chi connectivity index (χ2n) is 11.2. The number of rotatable bonds is 12. The number of aromatic nitrogens is 3. The number of carbonyl (C=O) groups excluding carboxylic acids is 1. The Morgan fingerprint density at radius 1 is 1.19 bits per heavy atom. The minimum atomic E-state index is -3.81. The summed E-state index contributed by atoms with van der Waals surface area (Å²) in [5, 5.41) is 12.8. The van der Waals surface area contributed by atoms with Crippen LogP contribution in [0.15, 0.2) is 54.1 Å². The standard InChI is InChI=1S/C30H41N7O5S/c1-2-13-33-43(40,41)24-8-6-7-22(18-24)29(39)35-30-34-25-20-32-27(42-17-16-36-14-4-3-5-15-36)19-26(25)37(30)23-11-9-21(10-12-23)28(31)38/h2,6-8,18-21,23,28,33,38H,1,3-5,9-17,31H2,(H,34,35,39). The normalized spacial score (nSPS) is 20.5. The number of hydrogen-bond donors (Lipinski definition) is 4. The molecule has 2 aromatic heterocycles. The molecule has 1 aliphatic heterocycles. The van der Waals surface area contributed by atoms with Crippen LogP contribution in [-0.4, -0.2) is 77.9 Å². The van der Waals surface area contributed by atoms with Crippen molar-refractivity contribution in [3.8, 4) is 5.88 Å². The van der Waals surface area contributed by atoms with Crippen LogP contribution in [0.4, 0.5) is 5.95 Å². The zero-order valence-electron chi connectivity index (χ0n) is 24.3. The number of anilines is 1. The summed E-state index contributed by atoms with van der Waals surface area (Å²) >= 11 is 0. The van der Waals surface area contributed by atoms with E-state index in [0.717, 1.165) is 50.8 Å². The molecule has 1 aromatic carbocycles. The second kappa shape index (κ2) is 14.0. The average Bonchev–Trinajstić information content (AvgIpc) is 3.37. The second-order valence-corrected chi connectivity index (χ2v) is 13.0. The number of likely N-dealkylation sites (tertiary alicyclic amines) is 1. The van der Waals surface area contributed by atoms with Gasteiger partial charge in [0.25, 0.3) is 5.91 Å². The fourth-order valence-electron chi connectivity index (χ4n) is 5.91. The highest BCUT2D eigenvalue weighted by Crippen LogP contribution is 2.38. The molecule has 43 heavy (non-hydrogen) atoms. The van der Waals surface area contributed by atoms with E-state index >= 15 is 0 Å². The number of fused-ring (bicyclic) bond motifs is 1. The van der Waals surface area contributed by atoms with Gasteiger partial charge in [-0.05, 0) is 75.7 Å². The fraction of sp³-hybridized carbons (Fsp3) is 0.500. The first kappa shape index (κ1) is 31.1. The molecular weight excluding hydrogens is 570 g/mol. The molecule has 1 atom stereocenters. The summed E-state index contributed by atoms with van der Waals surface area (Å²) in [5.41, 5.74) is 7.33. The third-order valence-electron chi connectivity index (χ3n) is 8.30. The van der Waals surface area contributed by atoms with E-state index in [4.69, 9.17) is 15.5 Å². The van der Waals surface area contributed by atoms with Crippen molar-refractivity contribution in [1.82, 2.24) is 24.2 Å². The molecule has 3 aromatic rings. The molecule has 1 amide bonds. The highest BCUT2D eigenvalue weighted by molar-refractivity contribution is 7.89. The van der Waals surface area contributed by atoms with Gasteiger partial charge in [-0.3, -0.25) is 15.0 Å². The van der Waals surface area contributed by atoms with Gasteiger partial charge in [-0.1, -0.05) is 18.6 Å². The van der Waals surface area contributed by atoms with E-state index in [-0.39, 0.29) is 29.0 Å². The van der Waals surface area contributed by atoms with E-state index in [0.29, 0.717) is 24.0 Å². The van der Waals surface area contributed by atoms with Crippen LogP contribution >= 0.6 is 0 Å². The summed E-state index contributed by atoms with van der Waals surface area (Å²) in [6.45, 7) is 7.15. The molecule has 1 aliphatic carbocycles. The molecule has 3 heterocycles. The fourth-order valence-corrected chi connectivity index (χ4v) is 6.95. The van der Waals surface area contributed by atoms with Gasteiger partial charge in [-0.15, -0.1) is 6.58 Å². The van der Waals surface area contributed by atoms with Crippen molar-refractivity contribution >= 4 is 32.9 Å². The Bertz CT molecular complexity index is 1530. The molecule has 0 radical (unpaired) electrons. The van der Waals surface area contributed by atoms with Gasteiger partial charge < -0.3 is 20.1 Å². The zero-order valence-corrected chi connectivity index (χ0v) is 25.1. The number of aliphatic hydroxyl groups is 1. The number of nitrogens with two attached hydrogens (primary N) is 1. The van der Waals surface area contributed by atoms with Gasteiger partial charge >= 0.3 is 0 Å². The molecule has 0 bridgehead atoms. The zero-order chi connectivity index (χ0) is 30.4. The van der Waals surface area contributed by atoms with E-state index < -0.39 is 22.2 Å². The predicted octanol–water partition coefficient (Wildman–Crippen LogP) is 3.02. The molecule has 2 aliphatic rings. The third-order valence-corrected chi connectivity index (χ3v) is 9.72. The summed E-state index contributed by atoms with van der Waals surface area (Å²) in [5.74, 6) is 0.342. The quantitative estimate of drug-likeness (QED) is 0.178. The summed E-state index contributed by atoms with van der Waals surface area (Å²) in [4.78, 5) is 25.0. The number of imidazole rings is 1. The number of sulfonamides is 1. The van der Waals surface area contributed by atoms with Crippen molar-refractivity contribution in [1.29, 1.82) is 0 Å². The Kier molecular flexibility index (Phi) is 10.1. The Morgan fingerprint density at radius 2 is 1.95 bits per heavy atom. The first-order valence-corrected chi connectivity index (χ1v) is 16.4. The number of aliphatic hydroxyl groups excluding tert-OH is 1. The summed E-state index contributed by atoms with van der Waals surface area (Å²) in [7, 11) is -3.81. The Morgan fingerprint density at radius 3 is 2.67 bits per heavy atom. The van der Waals surface area contributed by atoms with Crippen LogP contribution in [0.5, 0.6) is 5.88 Å². The number of nitrogens with zero attached hydrogens (tertiary/aromatic N) is 4. The number of pyridine rings is 1. The van der Waals surface area contributed by atoms with Gasteiger partial charge in [-0.25, -0.2) is 23.1 Å². The van der Waals surface area contributed by atoms with Crippen LogP contribution < -0.4 is 20.5 Å². The summed E-state index contributed by atoms with van der Waals surface area (Å²) in [6, 6.07) is 7.69. The molecular formula is C30H41N7O5S. The van der Waals surface area contributed by atoms with Gasteiger partial charge in [-0.2, -0.15) is 0 Å².